The van der Waals surface area contributed by atoms with E-state index >= 15 is 0 Å². The van der Waals surface area contributed by atoms with Crippen LogP contribution in [-0.2, 0) is 4.79 Å². The van der Waals surface area contributed by atoms with E-state index in [9.17, 15) is 9.90 Å². The molecule has 0 radical (unpaired) electrons. The van der Waals surface area contributed by atoms with Crippen molar-refractivity contribution < 1.29 is 9.90 Å². The van der Waals surface area contributed by atoms with E-state index in [2.05, 4.69) is 24.1 Å². The number of nitrogens with zero attached hydrogens (tertiary/aromatic N) is 1. The number of carboxylic acid groups (broad SMARTS) is 1. The Labute approximate surface area is 128 Å². The second-order valence-electron chi connectivity index (χ2n) is 7.82. The van der Waals surface area contributed by atoms with E-state index in [4.69, 9.17) is 0 Å². The Hall–Kier alpha value is -0.610. The first-order valence-corrected chi connectivity index (χ1v) is 8.75. The predicted molar refractivity (Wildman–Crippen MR) is 83.3 cm³/mol. The molecule has 1 saturated heterocycles. The van der Waals surface area contributed by atoms with Gasteiger partial charge < -0.3 is 10.0 Å². The van der Waals surface area contributed by atoms with Gasteiger partial charge in [0.2, 0.25) is 0 Å². The van der Waals surface area contributed by atoms with Gasteiger partial charge in [-0.3, -0.25) is 10.1 Å². The molecule has 2 N–H and O–H groups in total. The van der Waals surface area contributed by atoms with Crippen LogP contribution in [0, 0.1) is 11.8 Å². The lowest BCUT2D eigenvalue weighted by molar-refractivity contribution is -0.145. The Kier molecular flexibility index (Phi) is 4.28. The summed E-state index contributed by atoms with van der Waals surface area (Å²) in [6.07, 6.45) is 7.50. The molecule has 1 aliphatic heterocycles. The normalized spacial score (nSPS) is 35.5. The third-order valence-electron chi connectivity index (χ3n) is 5.99. The van der Waals surface area contributed by atoms with Gasteiger partial charge in [-0.25, -0.2) is 0 Å². The van der Waals surface area contributed by atoms with Crippen LogP contribution in [0.3, 0.4) is 0 Å². The molecule has 2 aliphatic carbocycles. The van der Waals surface area contributed by atoms with Crippen LogP contribution in [-0.4, -0.2) is 46.7 Å². The third kappa shape index (κ3) is 3.26. The number of nitrogens with one attached hydrogen (secondary N) is 1. The summed E-state index contributed by atoms with van der Waals surface area (Å²) in [5, 5.41) is 13.1. The summed E-state index contributed by atoms with van der Waals surface area (Å²) in [6, 6.07) is 0.937. The monoisotopic (exact) mass is 294 g/mol. The molecule has 0 aromatic carbocycles. The fourth-order valence-electron chi connectivity index (χ4n) is 4.29. The van der Waals surface area contributed by atoms with Crippen LogP contribution in [0.1, 0.15) is 58.8 Å². The first kappa shape index (κ1) is 15.3. The lowest BCUT2D eigenvalue weighted by Gasteiger charge is -2.38. The standard InChI is InChI=1S/C17H30N2O2/c1-12(2)13-6-9-19(10-7-13)15-5-8-17(11-15,16(20)21)18-14-3-4-14/h12-15,18H,3-11H2,1-2H3,(H,20,21). The largest absolute Gasteiger partial charge is 0.480 e. The van der Waals surface area contributed by atoms with Gasteiger partial charge in [0.1, 0.15) is 5.54 Å². The van der Waals surface area contributed by atoms with Crippen molar-refractivity contribution in [1.82, 2.24) is 10.2 Å². The van der Waals surface area contributed by atoms with Gasteiger partial charge in [-0.1, -0.05) is 13.8 Å². The molecule has 0 bridgehead atoms. The molecule has 0 aromatic rings. The minimum Gasteiger partial charge on any atom is -0.480 e. The zero-order valence-corrected chi connectivity index (χ0v) is 13.5. The van der Waals surface area contributed by atoms with Crippen molar-refractivity contribution >= 4 is 5.97 Å². The van der Waals surface area contributed by atoms with Crippen molar-refractivity contribution in [3.05, 3.63) is 0 Å². The molecular formula is C17H30N2O2. The van der Waals surface area contributed by atoms with Gasteiger partial charge in [-0.2, -0.15) is 0 Å². The molecule has 3 rings (SSSR count). The highest BCUT2D eigenvalue weighted by Crippen LogP contribution is 2.38. The van der Waals surface area contributed by atoms with Crippen LogP contribution in [0.2, 0.25) is 0 Å². The highest BCUT2D eigenvalue weighted by atomic mass is 16.4. The van der Waals surface area contributed by atoms with Crippen LogP contribution in [0.15, 0.2) is 0 Å². The van der Waals surface area contributed by atoms with Crippen molar-refractivity contribution in [1.29, 1.82) is 0 Å². The summed E-state index contributed by atoms with van der Waals surface area (Å²) in [6.45, 7) is 6.97. The molecule has 3 fully saturated rings. The molecule has 2 saturated carbocycles. The topological polar surface area (TPSA) is 52.6 Å². The van der Waals surface area contributed by atoms with Crippen LogP contribution < -0.4 is 5.32 Å². The fourth-order valence-corrected chi connectivity index (χ4v) is 4.29. The molecule has 21 heavy (non-hydrogen) atoms. The molecule has 2 atom stereocenters. The Morgan fingerprint density at radius 3 is 2.38 bits per heavy atom. The maximum atomic E-state index is 11.8. The van der Waals surface area contributed by atoms with Gasteiger partial charge >= 0.3 is 5.97 Å². The second-order valence-corrected chi connectivity index (χ2v) is 7.82. The second kappa shape index (κ2) is 5.88. The summed E-state index contributed by atoms with van der Waals surface area (Å²) in [4.78, 5) is 14.3. The summed E-state index contributed by atoms with van der Waals surface area (Å²) in [5.74, 6) is 1.01. The zero-order valence-electron chi connectivity index (χ0n) is 13.5. The molecule has 2 unspecified atom stereocenters. The Bertz CT molecular complexity index is 386. The Morgan fingerprint density at radius 2 is 1.86 bits per heavy atom. The van der Waals surface area contributed by atoms with E-state index in [1.165, 1.54) is 12.8 Å². The summed E-state index contributed by atoms with van der Waals surface area (Å²) in [5.41, 5.74) is -0.638. The summed E-state index contributed by atoms with van der Waals surface area (Å²) < 4.78 is 0. The lowest BCUT2D eigenvalue weighted by atomic mass is 9.86. The SMILES string of the molecule is CC(C)C1CCN(C2CCC(NC3CC3)(C(=O)O)C2)CC1. The van der Waals surface area contributed by atoms with Crippen molar-refractivity contribution in [3.8, 4) is 0 Å². The van der Waals surface area contributed by atoms with Crippen LogP contribution in [0.4, 0.5) is 0 Å². The minimum absolute atomic E-state index is 0.464. The lowest BCUT2D eigenvalue weighted by Crippen LogP contribution is -2.52. The van der Waals surface area contributed by atoms with Gasteiger partial charge in [0.05, 0.1) is 0 Å². The molecule has 0 amide bonds. The predicted octanol–water partition coefficient (Wildman–Crippen LogP) is 2.48. The van der Waals surface area contributed by atoms with E-state index in [0.29, 0.717) is 12.1 Å². The Balaban J connectivity index is 1.57. The van der Waals surface area contributed by atoms with Crippen LogP contribution in [0.5, 0.6) is 0 Å². The number of rotatable bonds is 5. The minimum atomic E-state index is -0.638. The molecule has 120 valence electrons. The summed E-state index contributed by atoms with van der Waals surface area (Å²) >= 11 is 0. The number of hydrogen-bond donors (Lipinski definition) is 2. The maximum Gasteiger partial charge on any atom is 0.323 e. The highest BCUT2D eigenvalue weighted by molar-refractivity contribution is 5.79. The first-order valence-electron chi connectivity index (χ1n) is 8.75. The van der Waals surface area contributed by atoms with Crippen molar-refractivity contribution in [2.75, 3.05) is 13.1 Å². The summed E-state index contributed by atoms with van der Waals surface area (Å²) in [7, 11) is 0. The number of hydrogen-bond acceptors (Lipinski definition) is 3. The highest BCUT2D eigenvalue weighted by Gasteiger charge is 2.49. The molecule has 0 aromatic heterocycles. The molecule has 4 nitrogen and oxygen atoms in total. The maximum absolute atomic E-state index is 11.8. The quantitative estimate of drug-likeness (QED) is 0.818. The van der Waals surface area contributed by atoms with Gasteiger partial charge in [0.25, 0.3) is 0 Å². The van der Waals surface area contributed by atoms with Gasteiger partial charge in [0.15, 0.2) is 0 Å². The molecular weight excluding hydrogens is 264 g/mol. The van der Waals surface area contributed by atoms with Crippen molar-refractivity contribution in [3.63, 3.8) is 0 Å². The number of carbonyl (C=O) groups is 1. The average molecular weight is 294 g/mol. The Morgan fingerprint density at radius 1 is 1.19 bits per heavy atom. The first-order chi connectivity index (χ1) is 10.00. The van der Waals surface area contributed by atoms with E-state index in [1.807, 2.05) is 0 Å². The van der Waals surface area contributed by atoms with Crippen molar-refractivity contribution in [2.24, 2.45) is 11.8 Å². The van der Waals surface area contributed by atoms with E-state index in [0.717, 1.165) is 57.0 Å². The third-order valence-corrected chi connectivity index (χ3v) is 5.99. The average Bonchev–Trinajstić information content (AvgIpc) is 3.15. The molecule has 4 heteroatoms. The van der Waals surface area contributed by atoms with Crippen LogP contribution in [0.25, 0.3) is 0 Å². The fraction of sp³-hybridized carbons (Fsp3) is 0.941. The zero-order chi connectivity index (χ0) is 15.0. The van der Waals surface area contributed by atoms with Gasteiger partial charge in [-0.15, -0.1) is 0 Å². The number of likely N-dealkylation sites (tertiary alicyclic amines) is 1. The van der Waals surface area contributed by atoms with Gasteiger partial charge in [-0.05, 0) is 69.9 Å². The number of piperidine rings is 1. The smallest absolute Gasteiger partial charge is 0.323 e. The number of aliphatic carboxylic acids is 1. The molecule has 1 heterocycles. The van der Waals surface area contributed by atoms with Crippen molar-refractivity contribution in [2.45, 2.75) is 76.4 Å². The van der Waals surface area contributed by atoms with E-state index in [1.54, 1.807) is 0 Å². The van der Waals surface area contributed by atoms with E-state index < -0.39 is 11.5 Å². The van der Waals surface area contributed by atoms with Crippen LogP contribution >= 0.6 is 0 Å². The van der Waals surface area contributed by atoms with Gasteiger partial charge in [0, 0.05) is 12.1 Å². The molecule has 0 spiro atoms. The van der Waals surface area contributed by atoms with E-state index in [-0.39, 0.29) is 0 Å². The molecule has 3 aliphatic rings. The number of carboxylic acids is 1.